The average Bonchev–Trinajstić information content (AvgIpc) is 3.24. The fourth-order valence-corrected chi connectivity index (χ4v) is 6.55. The predicted octanol–water partition coefficient (Wildman–Crippen LogP) is 4.07. The zero-order valence-corrected chi connectivity index (χ0v) is 18.0. The molecule has 0 fully saturated rings. The molecule has 29 heavy (non-hydrogen) atoms. The molecule has 5 rings (SSSR count). The summed E-state index contributed by atoms with van der Waals surface area (Å²) < 4.78 is 0. The predicted molar refractivity (Wildman–Crippen MR) is 120 cm³/mol. The fourth-order valence-electron chi connectivity index (χ4n) is 4.53. The molecule has 3 aromatic rings. The number of carbonyl (C=O) groups excluding carboxylic acids is 1. The molecule has 1 unspecified atom stereocenters. The number of aryl methyl sites for hydroxylation is 2. The number of para-hydroxylation sites is 1. The average molecular weight is 426 g/mol. The number of aromatic amines is 1. The van der Waals surface area contributed by atoms with Crippen molar-refractivity contribution in [1.82, 2.24) is 9.97 Å². The summed E-state index contributed by atoms with van der Waals surface area (Å²) in [5.74, 6) is 1.68. The number of H-pyrrole nitrogens is 1. The van der Waals surface area contributed by atoms with Crippen LogP contribution in [0, 0.1) is 0 Å². The van der Waals surface area contributed by atoms with Crippen LogP contribution in [0.1, 0.15) is 41.6 Å². The van der Waals surface area contributed by atoms with E-state index in [2.05, 4.69) is 18.0 Å². The summed E-state index contributed by atoms with van der Waals surface area (Å²) in [7, 11) is 0. The first-order valence-electron chi connectivity index (χ1n) is 10.1. The van der Waals surface area contributed by atoms with E-state index in [0.717, 1.165) is 41.6 Å². The molecule has 0 saturated heterocycles. The molecule has 2 aliphatic rings. The van der Waals surface area contributed by atoms with Crippen LogP contribution in [-0.4, -0.2) is 27.7 Å². The second-order valence-corrected chi connectivity index (χ2v) is 9.91. The van der Waals surface area contributed by atoms with Crippen molar-refractivity contribution < 1.29 is 4.79 Å². The van der Waals surface area contributed by atoms with E-state index in [-0.39, 0.29) is 17.5 Å². The fraction of sp³-hybridized carbons (Fsp3) is 0.409. The number of amides is 1. The molecule has 0 radical (unpaired) electrons. The van der Waals surface area contributed by atoms with Gasteiger partial charge in [0, 0.05) is 16.6 Å². The van der Waals surface area contributed by atoms with Gasteiger partial charge < -0.3 is 9.88 Å². The Labute approximate surface area is 177 Å². The molecule has 150 valence electrons. The molecule has 1 aliphatic heterocycles. The van der Waals surface area contributed by atoms with Crippen molar-refractivity contribution in [3.8, 4) is 0 Å². The lowest BCUT2D eigenvalue weighted by atomic mass is 9.97. The maximum absolute atomic E-state index is 12.8. The minimum atomic E-state index is -0.0292. The molecule has 1 aliphatic carbocycles. The number of hydrogen-bond donors (Lipinski definition) is 1. The molecule has 0 spiro atoms. The number of anilines is 1. The van der Waals surface area contributed by atoms with E-state index >= 15 is 0 Å². The molecule has 1 N–H and O–H groups in total. The Hall–Kier alpha value is -2.12. The maximum Gasteiger partial charge on any atom is 0.259 e. The van der Waals surface area contributed by atoms with Crippen LogP contribution in [0.2, 0.25) is 0 Å². The number of nitrogens with one attached hydrogen (secondary N) is 1. The summed E-state index contributed by atoms with van der Waals surface area (Å²) in [6.45, 7) is 2.09. The number of nitrogens with zero attached hydrogens (tertiary/aromatic N) is 2. The minimum Gasteiger partial charge on any atom is -0.309 e. The van der Waals surface area contributed by atoms with E-state index in [0.29, 0.717) is 17.3 Å². The molecule has 0 bridgehead atoms. The Morgan fingerprint density at radius 3 is 3.03 bits per heavy atom. The Kier molecular flexibility index (Phi) is 4.95. The molecule has 0 saturated carbocycles. The standard InChI is InChI=1S/C22H23N3O2S2/c1-13-10-14-6-2-4-8-16(14)25(13)19(26)12-28-11-18-23-21(27)20-15-7-3-5-9-17(15)29-22(20)24-18/h2,4,6,8,13H,3,5,7,9-12H2,1H3,(H,23,24,27). The summed E-state index contributed by atoms with van der Waals surface area (Å²) in [5.41, 5.74) is 3.44. The first-order valence-corrected chi connectivity index (χ1v) is 12.1. The normalized spacial score (nSPS) is 18.1. The van der Waals surface area contributed by atoms with Gasteiger partial charge in [0.2, 0.25) is 5.91 Å². The zero-order chi connectivity index (χ0) is 20.0. The van der Waals surface area contributed by atoms with Crippen LogP contribution >= 0.6 is 23.1 Å². The van der Waals surface area contributed by atoms with E-state index < -0.39 is 0 Å². The third kappa shape index (κ3) is 3.40. The second-order valence-electron chi connectivity index (χ2n) is 7.84. The Balaban J connectivity index is 1.29. The molecule has 2 aromatic heterocycles. The molecule has 7 heteroatoms. The third-order valence-corrected chi connectivity index (χ3v) is 7.93. The number of carbonyl (C=O) groups is 1. The van der Waals surface area contributed by atoms with Crippen LogP contribution in [0.4, 0.5) is 5.69 Å². The van der Waals surface area contributed by atoms with E-state index in [1.165, 1.54) is 34.2 Å². The molecular formula is C22H23N3O2S2. The lowest BCUT2D eigenvalue weighted by Gasteiger charge is -2.22. The molecule has 5 nitrogen and oxygen atoms in total. The molecule has 1 aromatic carbocycles. The quantitative estimate of drug-likeness (QED) is 0.684. The lowest BCUT2D eigenvalue weighted by molar-refractivity contribution is -0.116. The highest BCUT2D eigenvalue weighted by atomic mass is 32.2. The van der Waals surface area contributed by atoms with Gasteiger partial charge in [-0.15, -0.1) is 23.1 Å². The number of aromatic nitrogens is 2. The molecule has 3 heterocycles. The summed E-state index contributed by atoms with van der Waals surface area (Å²) in [6, 6.07) is 8.31. The van der Waals surface area contributed by atoms with E-state index in [9.17, 15) is 9.59 Å². The maximum atomic E-state index is 12.8. The smallest absolute Gasteiger partial charge is 0.259 e. The molecular weight excluding hydrogens is 402 g/mol. The van der Waals surface area contributed by atoms with Gasteiger partial charge in [-0.2, -0.15) is 0 Å². The van der Waals surface area contributed by atoms with Crippen molar-refractivity contribution >= 4 is 44.9 Å². The van der Waals surface area contributed by atoms with Crippen molar-refractivity contribution in [1.29, 1.82) is 0 Å². The highest BCUT2D eigenvalue weighted by Crippen LogP contribution is 2.34. The Bertz CT molecular complexity index is 1150. The molecule has 1 amide bonds. The van der Waals surface area contributed by atoms with Crippen LogP contribution in [0.3, 0.4) is 0 Å². The van der Waals surface area contributed by atoms with Crippen LogP contribution in [0.15, 0.2) is 29.1 Å². The van der Waals surface area contributed by atoms with Gasteiger partial charge in [0.25, 0.3) is 5.56 Å². The van der Waals surface area contributed by atoms with Gasteiger partial charge >= 0.3 is 0 Å². The van der Waals surface area contributed by atoms with E-state index in [1.54, 1.807) is 11.3 Å². The number of thiophene rings is 1. The van der Waals surface area contributed by atoms with Crippen molar-refractivity contribution in [3.63, 3.8) is 0 Å². The summed E-state index contributed by atoms with van der Waals surface area (Å²) in [6.07, 6.45) is 5.29. The third-order valence-electron chi connectivity index (χ3n) is 5.81. The van der Waals surface area contributed by atoms with E-state index in [1.807, 2.05) is 23.1 Å². The van der Waals surface area contributed by atoms with Crippen molar-refractivity contribution in [2.24, 2.45) is 0 Å². The highest BCUT2D eigenvalue weighted by molar-refractivity contribution is 7.99. The zero-order valence-electron chi connectivity index (χ0n) is 16.4. The van der Waals surface area contributed by atoms with Crippen molar-refractivity contribution in [2.75, 3.05) is 10.7 Å². The van der Waals surface area contributed by atoms with Gasteiger partial charge in [-0.1, -0.05) is 18.2 Å². The summed E-state index contributed by atoms with van der Waals surface area (Å²) >= 11 is 3.18. The van der Waals surface area contributed by atoms with Crippen LogP contribution in [0.25, 0.3) is 10.2 Å². The van der Waals surface area contributed by atoms with Crippen LogP contribution < -0.4 is 10.5 Å². The van der Waals surface area contributed by atoms with Gasteiger partial charge in [-0.05, 0) is 56.2 Å². The lowest BCUT2D eigenvalue weighted by Crippen LogP contribution is -2.37. The monoisotopic (exact) mass is 425 g/mol. The Morgan fingerprint density at radius 2 is 2.14 bits per heavy atom. The van der Waals surface area contributed by atoms with Crippen molar-refractivity contribution in [3.05, 3.63) is 56.4 Å². The summed E-state index contributed by atoms with van der Waals surface area (Å²) in [5, 5.41) is 0.789. The van der Waals surface area contributed by atoms with Crippen LogP contribution in [0.5, 0.6) is 0 Å². The Morgan fingerprint density at radius 1 is 1.31 bits per heavy atom. The van der Waals surface area contributed by atoms with Gasteiger partial charge in [0.05, 0.1) is 16.9 Å². The van der Waals surface area contributed by atoms with Gasteiger partial charge in [-0.3, -0.25) is 9.59 Å². The molecule has 1 atom stereocenters. The number of rotatable bonds is 4. The SMILES string of the molecule is CC1Cc2ccccc2N1C(=O)CSCc1nc2sc3c(c2c(=O)[nH]1)CCCC3. The van der Waals surface area contributed by atoms with Gasteiger partial charge in [0.1, 0.15) is 10.7 Å². The number of thioether (sulfide) groups is 1. The number of fused-ring (bicyclic) bond motifs is 4. The minimum absolute atomic E-state index is 0.0292. The summed E-state index contributed by atoms with van der Waals surface area (Å²) in [4.78, 5) is 37.2. The van der Waals surface area contributed by atoms with Gasteiger partial charge in [0.15, 0.2) is 0 Å². The second kappa shape index (κ2) is 7.61. The number of benzene rings is 1. The van der Waals surface area contributed by atoms with Crippen molar-refractivity contribution in [2.45, 2.75) is 50.8 Å². The topological polar surface area (TPSA) is 66.1 Å². The number of hydrogen-bond acceptors (Lipinski definition) is 5. The first-order chi connectivity index (χ1) is 14.1. The van der Waals surface area contributed by atoms with E-state index in [4.69, 9.17) is 4.98 Å². The largest absolute Gasteiger partial charge is 0.309 e. The van der Waals surface area contributed by atoms with Crippen LogP contribution in [-0.2, 0) is 29.8 Å². The first kappa shape index (κ1) is 18.9. The highest BCUT2D eigenvalue weighted by Gasteiger charge is 2.30. The van der Waals surface area contributed by atoms with Gasteiger partial charge in [-0.25, -0.2) is 4.98 Å².